The number of hydrogen-bond donors (Lipinski definition) is 1. The molecule has 1 aromatic heterocycles. The minimum absolute atomic E-state index is 0.0429. The van der Waals surface area contributed by atoms with Gasteiger partial charge in [-0.3, -0.25) is 9.36 Å². The van der Waals surface area contributed by atoms with Crippen molar-refractivity contribution in [2.75, 3.05) is 0 Å². The predicted molar refractivity (Wildman–Crippen MR) is 91.1 cm³/mol. The Morgan fingerprint density at radius 2 is 2.00 bits per heavy atom. The summed E-state index contributed by atoms with van der Waals surface area (Å²) >= 11 is 1.09. The van der Waals surface area contributed by atoms with Crippen LogP contribution in [-0.2, 0) is 16.6 Å². The Hall–Kier alpha value is -1.18. The Balaban J connectivity index is 2.39. The van der Waals surface area contributed by atoms with Gasteiger partial charge in [0, 0.05) is 12.6 Å². The largest absolute Gasteiger partial charge is 0.308 e. The lowest BCUT2D eigenvalue weighted by Gasteiger charge is -2.13. The SMILES string of the molecule is CCC[C@H](C)NS(=O)(=O)c1ccc2c(c1)sc(=O)n2CCC. The second-order valence-electron chi connectivity index (χ2n) is 5.46. The van der Waals surface area contributed by atoms with Gasteiger partial charge in [0.15, 0.2) is 0 Å². The molecule has 0 aliphatic rings. The van der Waals surface area contributed by atoms with Crippen LogP contribution < -0.4 is 9.60 Å². The van der Waals surface area contributed by atoms with E-state index in [4.69, 9.17) is 0 Å². The standard InChI is InChI=1S/C15H22N2O3S2/c1-4-6-11(3)16-22(19,20)12-7-8-13-14(10-12)21-15(18)17(13)9-5-2/h7-8,10-11,16H,4-6,9H2,1-3H3/t11-/m0/s1. The Morgan fingerprint density at radius 1 is 1.27 bits per heavy atom. The number of fused-ring (bicyclic) bond motifs is 1. The maximum Gasteiger partial charge on any atom is 0.308 e. The lowest BCUT2D eigenvalue weighted by atomic mass is 10.2. The van der Waals surface area contributed by atoms with E-state index in [9.17, 15) is 13.2 Å². The smallest absolute Gasteiger partial charge is 0.299 e. The van der Waals surface area contributed by atoms with E-state index in [-0.39, 0.29) is 15.8 Å². The molecule has 0 aliphatic carbocycles. The van der Waals surface area contributed by atoms with Crippen molar-refractivity contribution in [1.82, 2.24) is 9.29 Å². The highest BCUT2D eigenvalue weighted by Gasteiger charge is 2.18. The summed E-state index contributed by atoms with van der Waals surface area (Å²) < 4.78 is 29.9. The van der Waals surface area contributed by atoms with Crippen LogP contribution in [0.1, 0.15) is 40.0 Å². The highest BCUT2D eigenvalue weighted by atomic mass is 32.2. The van der Waals surface area contributed by atoms with Gasteiger partial charge >= 0.3 is 4.87 Å². The molecule has 0 spiro atoms. The number of sulfonamides is 1. The predicted octanol–water partition coefficient (Wildman–Crippen LogP) is 2.94. The zero-order chi connectivity index (χ0) is 16.3. The molecule has 22 heavy (non-hydrogen) atoms. The van der Waals surface area contributed by atoms with Crippen molar-refractivity contribution in [3.63, 3.8) is 0 Å². The summed E-state index contributed by atoms with van der Waals surface area (Å²) in [6, 6.07) is 4.78. The van der Waals surface area contributed by atoms with Crippen molar-refractivity contribution in [2.45, 2.75) is 57.5 Å². The topological polar surface area (TPSA) is 68.2 Å². The van der Waals surface area contributed by atoms with E-state index in [0.29, 0.717) is 11.2 Å². The molecule has 0 unspecified atom stereocenters. The molecule has 1 aromatic carbocycles. The van der Waals surface area contributed by atoms with Crippen LogP contribution in [0.2, 0.25) is 0 Å². The van der Waals surface area contributed by atoms with Crippen LogP contribution in [0.15, 0.2) is 27.9 Å². The van der Waals surface area contributed by atoms with Gasteiger partial charge in [0.05, 0.1) is 15.1 Å². The summed E-state index contributed by atoms with van der Waals surface area (Å²) in [6.07, 6.45) is 2.58. The van der Waals surface area contributed by atoms with Crippen LogP contribution in [0.3, 0.4) is 0 Å². The van der Waals surface area contributed by atoms with Crippen molar-refractivity contribution in [1.29, 1.82) is 0 Å². The molecule has 0 saturated heterocycles. The van der Waals surface area contributed by atoms with Crippen molar-refractivity contribution in [3.8, 4) is 0 Å². The average molecular weight is 342 g/mol. The van der Waals surface area contributed by atoms with E-state index in [2.05, 4.69) is 4.72 Å². The summed E-state index contributed by atoms with van der Waals surface area (Å²) in [5, 5.41) is 0. The molecule has 1 atom stereocenters. The minimum atomic E-state index is -3.54. The molecule has 1 heterocycles. The van der Waals surface area contributed by atoms with E-state index >= 15 is 0 Å². The quantitative estimate of drug-likeness (QED) is 0.841. The fourth-order valence-corrected chi connectivity index (χ4v) is 4.81. The van der Waals surface area contributed by atoms with E-state index in [1.54, 1.807) is 22.8 Å². The maximum absolute atomic E-state index is 12.4. The molecule has 0 bridgehead atoms. The minimum Gasteiger partial charge on any atom is -0.299 e. The average Bonchev–Trinajstić information content (AvgIpc) is 2.74. The Labute approximate surface area is 135 Å². The van der Waals surface area contributed by atoms with Crippen molar-refractivity contribution in [3.05, 3.63) is 27.9 Å². The first-order valence-corrected chi connectivity index (χ1v) is 9.84. The van der Waals surface area contributed by atoms with Gasteiger partial charge in [0.25, 0.3) is 0 Å². The third-order valence-electron chi connectivity index (χ3n) is 3.48. The Morgan fingerprint density at radius 3 is 2.64 bits per heavy atom. The van der Waals surface area contributed by atoms with Crippen molar-refractivity contribution >= 4 is 31.6 Å². The second kappa shape index (κ2) is 6.93. The van der Waals surface area contributed by atoms with Crippen LogP contribution in [0, 0.1) is 0 Å². The third-order valence-corrected chi connectivity index (χ3v) is 6.00. The monoisotopic (exact) mass is 342 g/mol. The molecule has 0 fully saturated rings. The number of nitrogens with one attached hydrogen (secondary N) is 1. The first-order chi connectivity index (χ1) is 10.4. The molecule has 0 radical (unpaired) electrons. The van der Waals surface area contributed by atoms with Gasteiger partial charge in [-0.05, 0) is 38.0 Å². The fourth-order valence-electron chi connectivity index (χ4n) is 2.47. The fraction of sp³-hybridized carbons (Fsp3) is 0.533. The van der Waals surface area contributed by atoms with Crippen LogP contribution >= 0.6 is 11.3 Å². The van der Waals surface area contributed by atoms with Crippen LogP contribution in [-0.4, -0.2) is 19.0 Å². The summed E-state index contributed by atoms with van der Waals surface area (Å²) in [5.74, 6) is 0. The summed E-state index contributed by atoms with van der Waals surface area (Å²) in [4.78, 5) is 12.1. The molecular weight excluding hydrogens is 320 g/mol. The highest BCUT2D eigenvalue weighted by Crippen LogP contribution is 2.22. The second-order valence-corrected chi connectivity index (χ2v) is 8.17. The normalized spacial score (nSPS) is 13.6. The maximum atomic E-state index is 12.4. The van der Waals surface area contributed by atoms with Gasteiger partial charge in [-0.1, -0.05) is 31.6 Å². The molecule has 0 amide bonds. The van der Waals surface area contributed by atoms with Crippen molar-refractivity contribution < 1.29 is 8.42 Å². The molecule has 122 valence electrons. The lowest BCUT2D eigenvalue weighted by Crippen LogP contribution is -2.32. The van der Waals surface area contributed by atoms with Gasteiger partial charge in [0.1, 0.15) is 0 Å². The molecule has 0 aliphatic heterocycles. The summed E-state index contributed by atoms with van der Waals surface area (Å²) in [7, 11) is -3.54. The van der Waals surface area contributed by atoms with E-state index in [0.717, 1.165) is 36.1 Å². The van der Waals surface area contributed by atoms with Gasteiger partial charge in [-0.2, -0.15) is 0 Å². The zero-order valence-corrected chi connectivity index (χ0v) is 14.8. The number of nitrogens with zero attached hydrogens (tertiary/aromatic N) is 1. The van der Waals surface area contributed by atoms with Gasteiger partial charge < -0.3 is 0 Å². The Bertz CT molecular complexity index is 806. The molecule has 2 rings (SSSR count). The molecule has 5 nitrogen and oxygen atoms in total. The van der Waals surface area contributed by atoms with Crippen molar-refractivity contribution in [2.24, 2.45) is 0 Å². The van der Waals surface area contributed by atoms with Crippen LogP contribution in [0.5, 0.6) is 0 Å². The number of aryl methyl sites for hydroxylation is 1. The summed E-state index contributed by atoms with van der Waals surface area (Å²) in [6.45, 7) is 6.53. The van der Waals surface area contributed by atoms with Gasteiger partial charge in [0.2, 0.25) is 10.0 Å². The molecule has 2 aromatic rings. The third kappa shape index (κ3) is 3.59. The highest BCUT2D eigenvalue weighted by molar-refractivity contribution is 7.89. The molecule has 1 N–H and O–H groups in total. The number of rotatable bonds is 7. The number of thiazole rings is 1. The molecular formula is C15H22N2O3S2. The van der Waals surface area contributed by atoms with Gasteiger partial charge in [-0.15, -0.1) is 0 Å². The zero-order valence-electron chi connectivity index (χ0n) is 13.1. The number of aromatic nitrogens is 1. The first kappa shape index (κ1) is 17.2. The summed E-state index contributed by atoms with van der Waals surface area (Å²) in [5.41, 5.74) is 0.803. The van der Waals surface area contributed by atoms with Crippen LogP contribution in [0.4, 0.5) is 0 Å². The van der Waals surface area contributed by atoms with Gasteiger partial charge in [-0.25, -0.2) is 13.1 Å². The molecule has 0 saturated carbocycles. The Kier molecular flexibility index (Phi) is 5.41. The lowest BCUT2D eigenvalue weighted by molar-refractivity contribution is 0.544. The van der Waals surface area contributed by atoms with E-state index in [1.807, 2.05) is 20.8 Å². The first-order valence-electron chi connectivity index (χ1n) is 7.54. The van der Waals surface area contributed by atoms with E-state index in [1.165, 1.54) is 0 Å². The number of benzene rings is 1. The molecule has 7 heteroatoms. The number of hydrogen-bond acceptors (Lipinski definition) is 4. The van der Waals surface area contributed by atoms with Crippen LogP contribution in [0.25, 0.3) is 10.2 Å². The van der Waals surface area contributed by atoms with E-state index < -0.39 is 10.0 Å².